The Kier molecular flexibility index (Phi) is 7.11. The molecule has 0 aliphatic carbocycles. The van der Waals surface area contributed by atoms with Gasteiger partial charge in [-0.25, -0.2) is 4.79 Å². The van der Waals surface area contributed by atoms with Gasteiger partial charge in [-0.2, -0.15) is 0 Å². The zero-order valence-corrected chi connectivity index (χ0v) is 16.1. The first kappa shape index (κ1) is 21.2. The topological polar surface area (TPSA) is 92.8 Å². The van der Waals surface area contributed by atoms with E-state index in [-0.39, 0.29) is 5.56 Å². The lowest BCUT2D eigenvalue weighted by atomic mass is 10.1. The van der Waals surface area contributed by atoms with Crippen molar-refractivity contribution in [3.05, 3.63) is 70.8 Å². The van der Waals surface area contributed by atoms with Crippen LogP contribution in [0.1, 0.15) is 31.8 Å². The van der Waals surface area contributed by atoms with Crippen molar-refractivity contribution in [2.75, 3.05) is 21.2 Å². The van der Waals surface area contributed by atoms with E-state index in [1.165, 1.54) is 14.1 Å². The van der Waals surface area contributed by atoms with Gasteiger partial charge in [-0.15, -0.1) is 0 Å². The molecule has 7 nitrogen and oxygen atoms in total. The van der Waals surface area contributed by atoms with Crippen molar-refractivity contribution in [1.82, 2.24) is 10.2 Å². The summed E-state index contributed by atoms with van der Waals surface area (Å²) >= 11 is 0. The third-order valence-electron chi connectivity index (χ3n) is 4.00. The van der Waals surface area contributed by atoms with Crippen LogP contribution in [0.3, 0.4) is 0 Å². The highest BCUT2D eigenvalue weighted by molar-refractivity contribution is 6.07. The van der Waals surface area contributed by atoms with Crippen LogP contribution in [-0.2, 0) is 14.3 Å². The summed E-state index contributed by atoms with van der Waals surface area (Å²) in [4.78, 5) is 48.1. The van der Waals surface area contributed by atoms with Gasteiger partial charge in [-0.1, -0.05) is 24.0 Å². The van der Waals surface area contributed by atoms with Gasteiger partial charge in [-0.3, -0.25) is 14.4 Å². The molecule has 0 saturated carbocycles. The second kappa shape index (κ2) is 9.72. The van der Waals surface area contributed by atoms with Gasteiger partial charge in [0, 0.05) is 25.2 Å². The number of benzene rings is 1. The fraction of sp³-hybridized carbons (Fsp3) is 0.182. The van der Waals surface area contributed by atoms with Gasteiger partial charge >= 0.3 is 5.97 Å². The molecular weight excluding hydrogens is 372 g/mol. The number of hydrogen-bond donors (Lipinski definition) is 1. The van der Waals surface area contributed by atoms with Crippen molar-refractivity contribution in [2.45, 2.75) is 6.04 Å². The van der Waals surface area contributed by atoms with Gasteiger partial charge in [0.25, 0.3) is 11.8 Å². The number of carbonyl (C=O) groups is 4. The summed E-state index contributed by atoms with van der Waals surface area (Å²) in [5.41, 5.74) is 1.89. The fourth-order valence-corrected chi connectivity index (χ4v) is 2.38. The summed E-state index contributed by atoms with van der Waals surface area (Å²) < 4.78 is 4.61. The molecule has 0 bridgehead atoms. The molecule has 0 spiro atoms. The van der Waals surface area contributed by atoms with Crippen molar-refractivity contribution in [2.24, 2.45) is 0 Å². The summed E-state index contributed by atoms with van der Waals surface area (Å²) in [6.45, 7) is 0. The molecule has 0 heterocycles. The van der Waals surface area contributed by atoms with Crippen LogP contribution in [0.2, 0.25) is 0 Å². The Bertz CT molecular complexity index is 953. The molecule has 1 unspecified atom stereocenters. The number of ether oxygens (including phenoxy) is 1. The molecule has 0 radical (unpaired) electrons. The van der Waals surface area contributed by atoms with Crippen LogP contribution in [0.15, 0.2) is 36.4 Å². The minimum atomic E-state index is -1.39. The third-order valence-corrected chi connectivity index (χ3v) is 4.00. The van der Waals surface area contributed by atoms with Crippen molar-refractivity contribution < 1.29 is 23.9 Å². The molecule has 1 atom stereocenters. The number of hydrogen-bond acceptors (Lipinski definition) is 5. The van der Waals surface area contributed by atoms with Crippen LogP contribution < -0.4 is 5.32 Å². The highest BCUT2D eigenvalue weighted by atomic mass is 16.5. The van der Waals surface area contributed by atoms with Gasteiger partial charge in [0.2, 0.25) is 6.04 Å². The van der Waals surface area contributed by atoms with E-state index in [1.807, 2.05) is 0 Å². The van der Waals surface area contributed by atoms with E-state index in [9.17, 15) is 19.2 Å². The van der Waals surface area contributed by atoms with E-state index in [4.69, 9.17) is 0 Å². The third kappa shape index (κ3) is 5.21. The zero-order chi connectivity index (χ0) is 21.4. The van der Waals surface area contributed by atoms with E-state index < -0.39 is 23.8 Å². The van der Waals surface area contributed by atoms with E-state index in [0.717, 1.165) is 12.0 Å². The molecule has 7 heteroatoms. The minimum Gasteiger partial charge on any atom is -0.467 e. The van der Waals surface area contributed by atoms with Crippen LogP contribution in [0.5, 0.6) is 0 Å². The number of aldehydes is 1. The number of rotatable bonds is 5. The molecule has 2 rings (SSSR count). The largest absolute Gasteiger partial charge is 0.467 e. The monoisotopic (exact) mass is 390 g/mol. The molecule has 146 valence electrons. The summed E-state index contributed by atoms with van der Waals surface area (Å²) in [6.07, 6.45) is 0.676. The molecule has 0 fully saturated rings. The average Bonchev–Trinajstić information content (AvgIpc) is 2.77. The lowest BCUT2D eigenvalue weighted by Crippen LogP contribution is -2.51. The van der Waals surface area contributed by atoms with Crippen molar-refractivity contribution >= 4 is 24.1 Å². The molecule has 2 aromatic rings. The van der Waals surface area contributed by atoms with E-state index >= 15 is 0 Å². The summed E-state index contributed by atoms with van der Waals surface area (Å²) in [5, 5.41) is 2.34. The van der Waals surface area contributed by atoms with Gasteiger partial charge in [-0.05, 0) is 36.4 Å². The molecule has 0 aliphatic rings. The second-order valence-electron chi connectivity index (χ2n) is 5.85. The number of carbonyl (C=O) groups excluding carboxylic acids is 4. The SMILES string of the molecule is CNC(=O)C(C(=O)OC)N(C)C(=O)c1ccc(C#Cc2c#cc(C=O)cc2)cc1. The number of methoxy groups -OCH3 is 1. The van der Waals surface area contributed by atoms with Crippen LogP contribution >= 0.6 is 0 Å². The lowest BCUT2D eigenvalue weighted by molar-refractivity contribution is -0.150. The maximum atomic E-state index is 12.6. The van der Waals surface area contributed by atoms with Gasteiger partial charge in [0.05, 0.1) is 18.2 Å². The van der Waals surface area contributed by atoms with Crippen molar-refractivity contribution in [1.29, 1.82) is 0 Å². The van der Waals surface area contributed by atoms with E-state index in [0.29, 0.717) is 23.0 Å². The summed E-state index contributed by atoms with van der Waals surface area (Å²) in [5.74, 6) is 3.80. The smallest absolute Gasteiger partial charge is 0.338 e. The lowest BCUT2D eigenvalue weighted by Gasteiger charge is -2.24. The molecule has 0 aromatic heterocycles. The van der Waals surface area contributed by atoms with E-state index in [2.05, 4.69) is 34.0 Å². The Morgan fingerprint density at radius 3 is 2.31 bits per heavy atom. The Labute approximate surface area is 168 Å². The average molecular weight is 390 g/mol. The molecule has 2 aromatic carbocycles. The first-order valence-electron chi connectivity index (χ1n) is 8.49. The highest BCUT2D eigenvalue weighted by Crippen LogP contribution is 2.10. The Morgan fingerprint density at radius 1 is 1.10 bits per heavy atom. The molecule has 29 heavy (non-hydrogen) atoms. The predicted molar refractivity (Wildman–Crippen MR) is 104 cm³/mol. The standard InChI is InChI=1S/C22H18N2O5/c1-23-20(26)19(22(28)29-3)24(2)21(27)18-12-10-16(11-13-18)5-4-15-6-8-17(14-25)9-7-15/h6,8,10-14,19H,1-3H3,(H,23,26). The molecule has 0 aliphatic heterocycles. The summed E-state index contributed by atoms with van der Waals surface area (Å²) in [6, 6.07) is 13.7. The van der Waals surface area contributed by atoms with Gasteiger partial charge in [0.1, 0.15) is 0 Å². The number of likely N-dealkylation sites (N-methyl/N-ethyl adjacent to an activating group) is 2. The number of nitrogens with zero attached hydrogens (tertiary/aromatic N) is 1. The number of nitrogens with one attached hydrogen (secondary N) is 1. The van der Waals surface area contributed by atoms with Crippen LogP contribution in [0.25, 0.3) is 0 Å². The number of esters is 1. The van der Waals surface area contributed by atoms with Gasteiger partial charge < -0.3 is 15.0 Å². The summed E-state index contributed by atoms with van der Waals surface area (Å²) in [7, 11) is 3.86. The maximum Gasteiger partial charge on any atom is 0.338 e. The predicted octanol–water partition coefficient (Wildman–Crippen LogP) is 0.859. The normalized spacial score (nSPS) is 10.4. The Balaban J connectivity index is 2.17. The minimum absolute atomic E-state index is 0.283. The molecule has 0 saturated heterocycles. The molecular formula is C22H18N2O5. The Hall–Kier alpha value is -4.10. The Morgan fingerprint density at radius 2 is 1.79 bits per heavy atom. The van der Waals surface area contributed by atoms with Crippen molar-refractivity contribution in [3.63, 3.8) is 0 Å². The van der Waals surface area contributed by atoms with E-state index in [1.54, 1.807) is 36.4 Å². The number of amides is 2. The zero-order valence-electron chi connectivity index (χ0n) is 16.1. The highest BCUT2D eigenvalue weighted by Gasteiger charge is 2.34. The first-order chi connectivity index (χ1) is 13.9. The van der Waals surface area contributed by atoms with Crippen LogP contribution in [-0.4, -0.2) is 56.2 Å². The maximum absolute atomic E-state index is 12.6. The quantitative estimate of drug-likeness (QED) is 0.354. The fourth-order valence-electron chi connectivity index (χ4n) is 2.38. The van der Waals surface area contributed by atoms with Crippen molar-refractivity contribution in [3.8, 4) is 11.8 Å². The second-order valence-corrected chi connectivity index (χ2v) is 5.85. The first-order valence-corrected chi connectivity index (χ1v) is 8.49. The van der Waals surface area contributed by atoms with Gasteiger partial charge in [0.15, 0.2) is 6.29 Å². The molecule has 1 N–H and O–H groups in total. The molecule has 2 amide bonds. The van der Waals surface area contributed by atoms with Crippen LogP contribution in [0, 0.1) is 24.0 Å². The van der Waals surface area contributed by atoms with Crippen LogP contribution in [0.4, 0.5) is 0 Å².